The molecule has 29 heavy (non-hydrogen) atoms. The van der Waals surface area contributed by atoms with Crippen molar-refractivity contribution in [2.45, 2.75) is 77.8 Å². The van der Waals surface area contributed by atoms with Crippen LogP contribution in [0.15, 0.2) is 24.3 Å². The smallest absolute Gasteiger partial charge is 0.225 e. The topological polar surface area (TPSA) is 50.2 Å². The fourth-order valence-corrected chi connectivity index (χ4v) is 4.95. The summed E-state index contributed by atoms with van der Waals surface area (Å²) in [5.74, 6) is 2.08. The molecule has 2 atom stereocenters. The van der Waals surface area contributed by atoms with Crippen molar-refractivity contribution in [2.75, 3.05) is 18.0 Å². The summed E-state index contributed by atoms with van der Waals surface area (Å²) in [6, 6.07) is 8.75. The lowest BCUT2D eigenvalue weighted by Gasteiger charge is -2.34. The molecule has 2 aromatic rings. The molecule has 1 amide bonds. The third kappa shape index (κ3) is 4.59. The summed E-state index contributed by atoms with van der Waals surface area (Å²) >= 11 is 0. The summed E-state index contributed by atoms with van der Waals surface area (Å²) in [5.41, 5.74) is 2.31. The lowest BCUT2D eigenvalue weighted by molar-refractivity contribution is -0.125. The van der Waals surface area contributed by atoms with Gasteiger partial charge < -0.3 is 14.8 Å². The van der Waals surface area contributed by atoms with Crippen molar-refractivity contribution >= 4 is 22.9 Å². The number of aromatic nitrogens is 2. The Morgan fingerprint density at radius 2 is 1.97 bits per heavy atom. The van der Waals surface area contributed by atoms with Crippen LogP contribution < -0.4 is 10.2 Å². The van der Waals surface area contributed by atoms with Gasteiger partial charge in [0.15, 0.2) is 0 Å². The highest BCUT2D eigenvalue weighted by atomic mass is 16.2. The molecule has 0 bridgehead atoms. The molecule has 0 radical (unpaired) electrons. The van der Waals surface area contributed by atoms with Gasteiger partial charge in [0, 0.05) is 25.7 Å². The predicted molar refractivity (Wildman–Crippen MR) is 119 cm³/mol. The molecule has 2 aliphatic rings. The van der Waals surface area contributed by atoms with E-state index < -0.39 is 0 Å². The quantitative estimate of drug-likeness (QED) is 0.767. The minimum atomic E-state index is 0.0562. The Labute approximate surface area is 174 Å². The SMILES string of the molecule is CC[C@@H](C)NC(=O)[C@@H]1CCCN(c2nc3ccccc3n2CC2CCCCC2)C1. The first-order valence-electron chi connectivity index (χ1n) is 11.7. The molecule has 1 aromatic heterocycles. The summed E-state index contributed by atoms with van der Waals surface area (Å²) in [6.45, 7) is 7.02. The molecule has 1 saturated carbocycles. The molecule has 1 aromatic carbocycles. The van der Waals surface area contributed by atoms with Gasteiger partial charge >= 0.3 is 0 Å². The molecule has 5 heteroatoms. The maximum Gasteiger partial charge on any atom is 0.225 e. The fourth-order valence-electron chi connectivity index (χ4n) is 4.95. The Bertz CT molecular complexity index is 823. The second-order valence-electron chi connectivity index (χ2n) is 9.12. The molecule has 1 saturated heterocycles. The number of fused-ring (bicyclic) bond motifs is 1. The van der Waals surface area contributed by atoms with E-state index in [2.05, 4.69) is 52.9 Å². The Hall–Kier alpha value is -2.04. The Morgan fingerprint density at radius 3 is 2.76 bits per heavy atom. The van der Waals surface area contributed by atoms with Crippen molar-refractivity contribution in [3.8, 4) is 0 Å². The molecule has 2 fully saturated rings. The van der Waals surface area contributed by atoms with E-state index in [1.165, 1.54) is 37.6 Å². The maximum absolute atomic E-state index is 12.8. The Kier molecular flexibility index (Phi) is 6.41. The first-order chi connectivity index (χ1) is 14.2. The fraction of sp³-hybridized carbons (Fsp3) is 0.667. The number of hydrogen-bond acceptors (Lipinski definition) is 3. The van der Waals surface area contributed by atoms with Crippen LogP contribution in [0.5, 0.6) is 0 Å². The molecular weight excluding hydrogens is 360 g/mol. The third-order valence-electron chi connectivity index (χ3n) is 6.88. The van der Waals surface area contributed by atoms with Gasteiger partial charge in [-0.05, 0) is 57.1 Å². The molecule has 4 rings (SSSR count). The number of para-hydroxylation sites is 2. The van der Waals surface area contributed by atoms with E-state index in [1.54, 1.807) is 0 Å². The van der Waals surface area contributed by atoms with Gasteiger partial charge in [0.2, 0.25) is 11.9 Å². The first kappa shape index (κ1) is 20.2. The number of carbonyl (C=O) groups is 1. The number of carbonyl (C=O) groups excluding carboxylic acids is 1. The highest BCUT2D eigenvalue weighted by Gasteiger charge is 2.29. The Morgan fingerprint density at radius 1 is 1.17 bits per heavy atom. The summed E-state index contributed by atoms with van der Waals surface area (Å²) in [6.07, 6.45) is 9.74. The van der Waals surface area contributed by atoms with Crippen molar-refractivity contribution in [2.24, 2.45) is 11.8 Å². The zero-order valence-corrected chi connectivity index (χ0v) is 18.1. The van der Waals surface area contributed by atoms with E-state index in [9.17, 15) is 4.79 Å². The second kappa shape index (κ2) is 9.19. The van der Waals surface area contributed by atoms with Crippen LogP contribution in [0.2, 0.25) is 0 Å². The molecule has 0 unspecified atom stereocenters. The minimum Gasteiger partial charge on any atom is -0.353 e. The number of hydrogen-bond donors (Lipinski definition) is 1. The van der Waals surface area contributed by atoms with E-state index in [-0.39, 0.29) is 17.9 Å². The van der Waals surface area contributed by atoms with Crippen LogP contribution in [-0.4, -0.2) is 34.6 Å². The van der Waals surface area contributed by atoms with E-state index in [0.717, 1.165) is 56.3 Å². The van der Waals surface area contributed by atoms with Crippen molar-refractivity contribution < 1.29 is 4.79 Å². The van der Waals surface area contributed by atoms with E-state index >= 15 is 0 Å². The average Bonchev–Trinajstić information content (AvgIpc) is 3.13. The average molecular weight is 397 g/mol. The van der Waals surface area contributed by atoms with Gasteiger partial charge in [-0.15, -0.1) is 0 Å². The van der Waals surface area contributed by atoms with Gasteiger partial charge in [0.05, 0.1) is 17.0 Å². The number of nitrogens with one attached hydrogen (secondary N) is 1. The van der Waals surface area contributed by atoms with Crippen LogP contribution in [0, 0.1) is 11.8 Å². The van der Waals surface area contributed by atoms with Crippen LogP contribution >= 0.6 is 0 Å². The van der Waals surface area contributed by atoms with Crippen LogP contribution in [0.4, 0.5) is 5.95 Å². The summed E-state index contributed by atoms with van der Waals surface area (Å²) in [7, 11) is 0. The van der Waals surface area contributed by atoms with Crippen molar-refractivity contribution in [3.63, 3.8) is 0 Å². The lowest BCUT2D eigenvalue weighted by Crippen LogP contribution is -2.46. The molecule has 2 heterocycles. The van der Waals surface area contributed by atoms with Gasteiger partial charge in [-0.25, -0.2) is 4.98 Å². The van der Waals surface area contributed by atoms with E-state index in [4.69, 9.17) is 4.98 Å². The molecule has 1 N–H and O–H groups in total. The highest BCUT2D eigenvalue weighted by molar-refractivity contribution is 5.81. The maximum atomic E-state index is 12.8. The van der Waals surface area contributed by atoms with Crippen LogP contribution in [-0.2, 0) is 11.3 Å². The van der Waals surface area contributed by atoms with Crippen molar-refractivity contribution in [1.82, 2.24) is 14.9 Å². The normalized spacial score (nSPS) is 22.0. The largest absolute Gasteiger partial charge is 0.353 e. The molecular formula is C24H36N4O. The molecule has 158 valence electrons. The summed E-state index contributed by atoms with van der Waals surface area (Å²) in [5, 5.41) is 3.19. The van der Waals surface area contributed by atoms with Crippen molar-refractivity contribution in [3.05, 3.63) is 24.3 Å². The monoisotopic (exact) mass is 396 g/mol. The van der Waals surface area contributed by atoms with Gasteiger partial charge in [-0.2, -0.15) is 0 Å². The van der Waals surface area contributed by atoms with Gasteiger partial charge in [0.25, 0.3) is 0 Å². The number of anilines is 1. The molecule has 1 aliphatic carbocycles. The lowest BCUT2D eigenvalue weighted by atomic mass is 9.89. The van der Waals surface area contributed by atoms with Gasteiger partial charge in [0.1, 0.15) is 0 Å². The minimum absolute atomic E-state index is 0.0562. The summed E-state index contributed by atoms with van der Waals surface area (Å²) < 4.78 is 2.44. The zero-order valence-electron chi connectivity index (χ0n) is 18.1. The number of nitrogens with zero attached hydrogens (tertiary/aromatic N) is 3. The number of piperidine rings is 1. The number of imidazole rings is 1. The zero-order chi connectivity index (χ0) is 20.2. The van der Waals surface area contributed by atoms with Crippen LogP contribution in [0.1, 0.15) is 65.2 Å². The number of benzene rings is 1. The molecule has 0 spiro atoms. The first-order valence-corrected chi connectivity index (χ1v) is 11.7. The predicted octanol–water partition coefficient (Wildman–Crippen LogP) is 4.75. The third-order valence-corrected chi connectivity index (χ3v) is 6.88. The van der Waals surface area contributed by atoms with Gasteiger partial charge in [-0.1, -0.05) is 38.3 Å². The van der Waals surface area contributed by atoms with Gasteiger partial charge in [-0.3, -0.25) is 4.79 Å². The standard InChI is InChI=1S/C24H36N4O/c1-3-18(2)25-23(29)20-12-9-15-27(17-20)24-26-21-13-7-8-14-22(21)28(24)16-19-10-5-4-6-11-19/h7-8,13-14,18-20H,3-6,9-12,15-17H2,1-2H3,(H,25,29)/t18-,20-/m1/s1. The number of amides is 1. The van der Waals surface area contributed by atoms with Crippen molar-refractivity contribution in [1.29, 1.82) is 0 Å². The van der Waals surface area contributed by atoms with E-state index in [1.807, 2.05) is 0 Å². The summed E-state index contributed by atoms with van der Waals surface area (Å²) in [4.78, 5) is 20.2. The van der Waals surface area contributed by atoms with Crippen LogP contribution in [0.3, 0.4) is 0 Å². The molecule has 5 nitrogen and oxygen atoms in total. The highest BCUT2D eigenvalue weighted by Crippen LogP contribution is 2.31. The number of rotatable bonds is 6. The molecule has 1 aliphatic heterocycles. The second-order valence-corrected chi connectivity index (χ2v) is 9.12. The van der Waals surface area contributed by atoms with E-state index in [0.29, 0.717) is 0 Å². The van der Waals surface area contributed by atoms with Crippen LogP contribution in [0.25, 0.3) is 11.0 Å². The Balaban J connectivity index is 1.57.